The number of hydrogen-bond donors (Lipinski definition) is 0. The third-order valence-electron chi connectivity index (χ3n) is 1.56. The van der Waals surface area contributed by atoms with Crippen LogP contribution in [0, 0.1) is 0 Å². The van der Waals surface area contributed by atoms with Crippen molar-refractivity contribution in [3.05, 3.63) is 60.9 Å². The Morgan fingerprint density at radius 3 is 1.82 bits per heavy atom. The Kier molecular flexibility index (Phi) is 5.16. The van der Waals surface area contributed by atoms with Crippen molar-refractivity contribution >= 4 is 10.1 Å². The first-order chi connectivity index (χ1) is 8.08. The first-order valence-corrected chi connectivity index (χ1v) is 6.69. The molecule has 1 aromatic heterocycles. The molecule has 0 aliphatic rings. The van der Waals surface area contributed by atoms with E-state index < -0.39 is 10.1 Å². The average molecular weight is 251 g/mol. The monoisotopic (exact) mass is 251 g/mol. The number of benzene rings is 1. The summed E-state index contributed by atoms with van der Waals surface area (Å²) >= 11 is 0. The van der Waals surface area contributed by atoms with Crippen molar-refractivity contribution in [2.24, 2.45) is 0 Å². The molecule has 1 heterocycles. The molecule has 17 heavy (non-hydrogen) atoms. The predicted octanol–water partition coefficient (Wildman–Crippen LogP) is 2.11. The summed E-state index contributed by atoms with van der Waals surface area (Å²) < 4.78 is 25.7. The van der Waals surface area contributed by atoms with Gasteiger partial charge >= 0.3 is 10.1 Å². The molecule has 0 spiro atoms. The van der Waals surface area contributed by atoms with Crippen molar-refractivity contribution in [3.63, 3.8) is 0 Å². The molecule has 2 rings (SSSR count). The molecule has 0 unspecified atom stereocenters. The zero-order chi connectivity index (χ0) is 12.6. The van der Waals surface area contributed by atoms with Gasteiger partial charge < -0.3 is 4.18 Å². The lowest BCUT2D eigenvalue weighted by atomic mass is 10.3. The Morgan fingerprint density at radius 1 is 0.941 bits per heavy atom. The second-order valence-electron chi connectivity index (χ2n) is 3.13. The molecular formula is C12H13NO3S. The topological polar surface area (TPSA) is 56.3 Å². The van der Waals surface area contributed by atoms with Crippen LogP contribution in [0.2, 0.25) is 0 Å². The van der Waals surface area contributed by atoms with Gasteiger partial charge in [0.15, 0.2) is 0 Å². The Morgan fingerprint density at radius 2 is 1.47 bits per heavy atom. The molecule has 0 atom stereocenters. The first kappa shape index (κ1) is 13.2. The summed E-state index contributed by atoms with van der Waals surface area (Å²) in [5.74, 6) is 0.343. The maximum Gasteiger partial charge on any atom is 0.306 e. The van der Waals surface area contributed by atoms with Crippen LogP contribution in [-0.4, -0.2) is 19.7 Å². The van der Waals surface area contributed by atoms with E-state index in [-0.39, 0.29) is 0 Å². The molecule has 0 bridgehead atoms. The minimum atomic E-state index is -3.38. The van der Waals surface area contributed by atoms with Gasteiger partial charge in [0.25, 0.3) is 0 Å². The number of hydrogen-bond acceptors (Lipinski definition) is 4. The maximum absolute atomic E-state index is 10.6. The largest absolute Gasteiger partial charge is 0.383 e. The highest BCUT2D eigenvalue weighted by Gasteiger charge is 2.01. The minimum absolute atomic E-state index is 0.343. The number of nitrogens with zero attached hydrogens (tertiary/aromatic N) is 1. The average Bonchev–Trinajstić information content (AvgIpc) is 2.31. The van der Waals surface area contributed by atoms with Crippen molar-refractivity contribution in [3.8, 4) is 5.75 Å². The molecule has 2 aromatic rings. The van der Waals surface area contributed by atoms with Gasteiger partial charge in [-0.25, -0.2) is 0 Å². The molecule has 0 saturated carbocycles. The highest BCUT2D eigenvalue weighted by atomic mass is 32.2. The normalized spacial score (nSPS) is 9.94. The van der Waals surface area contributed by atoms with Gasteiger partial charge in [-0.05, 0) is 24.3 Å². The van der Waals surface area contributed by atoms with Crippen LogP contribution in [0.15, 0.2) is 60.9 Å². The number of rotatable bonds is 2. The fourth-order valence-electron chi connectivity index (χ4n) is 0.963. The quantitative estimate of drug-likeness (QED) is 0.767. The molecule has 0 fully saturated rings. The number of para-hydroxylation sites is 1. The van der Waals surface area contributed by atoms with Gasteiger partial charge in [-0.1, -0.05) is 24.3 Å². The minimum Gasteiger partial charge on any atom is -0.383 e. The maximum atomic E-state index is 10.6. The molecule has 0 aliphatic heterocycles. The predicted molar refractivity (Wildman–Crippen MR) is 66.2 cm³/mol. The van der Waals surface area contributed by atoms with Crippen LogP contribution in [0.3, 0.4) is 0 Å². The van der Waals surface area contributed by atoms with Crippen molar-refractivity contribution in [2.45, 2.75) is 0 Å². The van der Waals surface area contributed by atoms with Gasteiger partial charge in [0.2, 0.25) is 0 Å². The molecule has 5 heteroatoms. The Bertz CT molecular complexity index is 485. The second-order valence-corrected chi connectivity index (χ2v) is 4.70. The van der Waals surface area contributed by atoms with Crippen LogP contribution in [-0.2, 0) is 10.1 Å². The fraction of sp³-hybridized carbons (Fsp3) is 0.0833. The lowest BCUT2D eigenvalue weighted by Crippen LogP contribution is -2.05. The number of pyridine rings is 1. The zero-order valence-corrected chi connectivity index (χ0v) is 10.2. The lowest BCUT2D eigenvalue weighted by Gasteiger charge is -1.99. The van der Waals surface area contributed by atoms with Gasteiger partial charge in [-0.2, -0.15) is 8.42 Å². The molecule has 0 saturated heterocycles. The van der Waals surface area contributed by atoms with E-state index in [1.807, 2.05) is 18.2 Å². The molecule has 90 valence electrons. The molecule has 0 N–H and O–H groups in total. The van der Waals surface area contributed by atoms with Gasteiger partial charge in [0.05, 0.1) is 6.26 Å². The Balaban J connectivity index is 0.000000202. The van der Waals surface area contributed by atoms with E-state index in [0.717, 1.165) is 6.26 Å². The summed E-state index contributed by atoms with van der Waals surface area (Å²) in [6, 6.07) is 14.1. The summed E-state index contributed by atoms with van der Waals surface area (Å²) in [6.07, 6.45) is 4.51. The highest BCUT2D eigenvalue weighted by molar-refractivity contribution is 7.86. The van der Waals surface area contributed by atoms with E-state index in [4.69, 9.17) is 0 Å². The molecule has 0 amide bonds. The van der Waals surface area contributed by atoms with Gasteiger partial charge in [-0.15, -0.1) is 0 Å². The van der Waals surface area contributed by atoms with Crippen LogP contribution in [0.5, 0.6) is 5.75 Å². The van der Waals surface area contributed by atoms with Gasteiger partial charge in [0.1, 0.15) is 5.75 Å². The third kappa shape index (κ3) is 7.08. The molecule has 4 nitrogen and oxygen atoms in total. The molecule has 0 radical (unpaired) electrons. The summed E-state index contributed by atoms with van der Waals surface area (Å²) in [4.78, 5) is 3.78. The van der Waals surface area contributed by atoms with E-state index in [2.05, 4.69) is 9.17 Å². The first-order valence-electron chi connectivity index (χ1n) is 4.87. The highest BCUT2D eigenvalue weighted by Crippen LogP contribution is 2.09. The lowest BCUT2D eigenvalue weighted by molar-refractivity contribution is 0.493. The fourth-order valence-corrected chi connectivity index (χ4v) is 1.42. The summed E-state index contributed by atoms with van der Waals surface area (Å²) in [5, 5.41) is 0. The van der Waals surface area contributed by atoms with E-state index in [1.54, 1.807) is 42.7 Å². The molecule has 1 aromatic carbocycles. The standard InChI is InChI=1S/C7H8O3S.C5H5N/c1-11(8,9)10-7-5-3-2-4-6-7;1-2-4-6-5-3-1/h2-6H,1H3;1-5H. The SMILES string of the molecule is CS(=O)(=O)Oc1ccccc1.c1ccncc1. The van der Waals surface area contributed by atoms with Crippen LogP contribution in [0.1, 0.15) is 0 Å². The zero-order valence-electron chi connectivity index (χ0n) is 9.35. The van der Waals surface area contributed by atoms with Crippen LogP contribution >= 0.6 is 0 Å². The summed E-state index contributed by atoms with van der Waals surface area (Å²) in [5.41, 5.74) is 0. The summed E-state index contributed by atoms with van der Waals surface area (Å²) in [6.45, 7) is 0. The van der Waals surface area contributed by atoms with Crippen LogP contribution in [0.25, 0.3) is 0 Å². The van der Waals surface area contributed by atoms with Crippen molar-refractivity contribution in [1.29, 1.82) is 0 Å². The van der Waals surface area contributed by atoms with E-state index in [0.29, 0.717) is 5.75 Å². The van der Waals surface area contributed by atoms with Gasteiger partial charge in [-0.3, -0.25) is 4.98 Å². The third-order valence-corrected chi connectivity index (χ3v) is 2.05. The van der Waals surface area contributed by atoms with E-state index in [9.17, 15) is 8.42 Å². The van der Waals surface area contributed by atoms with Crippen molar-refractivity contribution < 1.29 is 12.6 Å². The van der Waals surface area contributed by atoms with E-state index in [1.165, 1.54) is 0 Å². The van der Waals surface area contributed by atoms with Crippen molar-refractivity contribution in [1.82, 2.24) is 4.98 Å². The van der Waals surface area contributed by atoms with Crippen molar-refractivity contribution in [2.75, 3.05) is 6.26 Å². The van der Waals surface area contributed by atoms with Crippen LogP contribution < -0.4 is 4.18 Å². The Hall–Kier alpha value is -1.88. The van der Waals surface area contributed by atoms with Gasteiger partial charge in [0, 0.05) is 12.4 Å². The molecular weight excluding hydrogens is 238 g/mol. The Labute approximate surface area is 101 Å². The van der Waals surface area contributed by atoms with Crippen LogP contribution in [0.4, 0.5) is 0 Å². The summed E-state index contributed by atoms with van der Waals surface area (Å²) in [7, 11) is -3.38. The second kappa shape index (κ2) is 6.65. The van der Waals surface area contributed by atoms with E-state index >= 15 is 0 Å². The smallest absolute Gasteiger partial charge is 0.306 e. The number of aromatic nitrogens is 1. The molecule has 0 aliphatic carbocycles.